The summed E-state index contributed by atoms with van der Waals surface area (Å²) >= 11 is 0. The van der Waals surface area contributed by atoms with E-state index in [9.17, 15) is 14.7 Å². The zero-order valence-electron chi connectivity index (χ0n) is 13.3. The molecule has 3 fully saturated rings. The zero-order valence-corrected chi connectivity index (χ0v) is 13.3. The van der Waals surface area contributed by atoms with E-state index in [1.165, 1.54) is 0 Å². The van der Waals surface area contributed by atoms with Crippen molar-refractivity contribution in [1.82, 2.24) is 5.32 Å². The Morgan fingerprint density at radius 3 is 2.35 bits per heavy atom. The van der Waals surface area contributed by atoms with Crippen LogP contribution in [-0.4, -0.2) is 19.0 Å². The van der Waals surface area contributed by atoms with Crippen LogP contribution in [0.1, 0.15) is 31.2 Å². The summed E-state index contributed by atoms with van der Waals surface area (Å²) in [5, 5.41) is 14.4. The number of para-hydroxylation sites is 1. The van der Waals surface area contributed by atoms with E-state index in [0.717, 1.165) is 37.0 Å². The van der Waals surface area contributed by atoms with Crippen LogP contribution in [-0.2, 0) is 16.1 Å². The topological polar surface area (TPSA) is 78.5 Å². The summed E-state index contributed by atoms with van der Waals surface area (Å²) < 4.78 is 5.28. The first-order valence-electron chi connectivity index (χ1n) is 8.22. The average Bonchev–Trinajstić information content (AvgIpc) is 2.59. The second kappa shape index (κ2) is 6.60. The molecular weight excluding hydrogens is 294 g/mol. The number of carbonyl (C=O) groups is 2. The van der Waals surface area contributed by atoms with E-state index in [4.69, 9.17) is 4.74 Å². The van der Waals surface area contributed by atoms with E-state index in [1.54, 1.807) is 7.11 Å². The van der Waals surface area contributed by atoms with E-state index in [2.05, 4.69) is 5.32 Å². The van der Waals surface area contributed by atoms with Crippen LogP contribution in [0.4, 0.5) is 0 Å². The van der Waals surface area contributed by atoms with Crippen LogP contribution in [0.5, 0.6) is 5.75 Å². The largest absolute Gasteiger partial charge is 0.550 e. The lowest BCUT2D eigenvalue weighted by Crippen LogP contribution is -2.54. The molecule has 2 atom stereocenters. The van der Waals surface area contributed by atoms with Crippen LogP contribution in [0.3, 0.4) is 0 Å². The number of rotatable bonds is 5. The molecule has 5 nitrogen and oxygen atoms in total. The fourth-order valence-electron chi connectivity index (χ4n) is 4.32. The molecule has 3 aliphatic carbocycles. The number of benzene rings is 1. The standard InChI is InChI=1S/C18H23NO4/c1-23-14-5-3-2-4-13(14)10-19-17(20)15-11-6-8-12(9-7-11)16(15)18(21)22/h2-5,11-12,15-16H,6-10H2,1H3,(H,19,20)(H,21,22)/p-1/t11?,12?,15-,16-/m1/s1. The van der Waals surface area contributed by atoms with Crippen molar-refractivity contribution in [1.29, 1.82) is 0 Å². The smallest absolute Gasteiger partial charge is 0.224 e. The highest BCUT2D eigenvalue weighted by Gasteiger charge is 2.47. The maximum atomic E-state index is 12.6. The van der Waals surface area contributed by atoms with Crippen molar-refractivity contribution in [2.45, 2.75) is 32.2 Å². The molecule has 0 radical (unpaired) electrons. The fourth-order valence-corrected chi connectivity index (χ4v) is 4.32. The Balaban J connectivity index is 1.70. The van der Waals surface area contributed by atoms with Gasteiger partial charge in [0.15, 0.2) is 0 Å². The van der Waals surface area contributed by atoms with E-state index in [0.29, 0.717) is 6.54 Å². The third kappa shape index (κ3) is 3.05. The van der Waals surface area contributed by atoms with Crippen molar-refractivity contribution in [3.05, 3.63) is 29.8 Å². The number of fused-ring (bicyclic) bond motifs is 3. The summed E-state index contributed by atoms with van der Waals surface area (Å²) in [5.41, 5.74) is 0.884. The maximum absolute atomic E-state index is 12.6. The summed E-state index contributed by atoms with van der Waals surface area (Å²) in [6.45, 7) is 0.344. The van der Waals surface area contributed by atoms with Gasteiger partial charge in [0, 0.05) is 29.9 Å². The normalized spacial score (nSPS) is 29.1. The quantitative estimate of drug-likeness (QED) is 0.883. The van der Waals surface area contributed by atoms with Gasteiger partial charge < -0.3 is 20.0 Å². The first-order valence-corrected chi connectivity index (χ1v) is 8.22. The van der Waals surface area contributed by atoms with Crippen molar-refractivity contribution in [3.63, 3.8) is 0 Å². The zero-order chi connectivity index (χ0) is 16.4. The van der Waals surface area contributed by atoms with E-state index >= 15 is 0 Å². The predicted octanol–water partition coefficient (Wildman–Crippen LogP) is 1.11. The number of ether oxygens (including phenoxy) is 1. The number of hydrogen-bond acceptors (Lipinski definition) is 4. The van der Waals surface area contributed by atoms with Crippen LogP contribution in [0.15, 0.2) is 24.3 Å². The van der Waals surface area contributed by atoms with E-state index in [-0.39, 0.29) is 17.7 Å². The molecule has 0 aromatic heterocycles. The van der Waals surface area contributed by atoms with E-state index in [1.807, 2.05) is 24.3 Å². The molecule has 0 aliphatic heterocycles. The number of carboxylic acid groups (broad SMARTS) is 1. The molecule has 5 heteroatoms. The van der Waals surface area contributed by atoms with Crippen molar-refractivity contribution in [2.24, 2.45) is 23.7 Å². The number of hydrogen-bond donors (Lipinski definition) is 1. The van der Waals surface area contributed by atoms with Gasteiger partial charge in [-0.2, -0.15) is 0 Å². The Morgan fingerprint density at radius 1 is 1.13 bits per heavy atom. The number of methoxy groups -OCH3 is 1. The Morgan fingerprint density at radius 2 is 1.74 bits per heavy atom. The molecule has 0 unspecified atom stereocenters. The van der Waals surface area contributed by atoms with Gasteiger partial charge in [0.1, 0.15) is 5.75 Å². The molecule has 23 heavy (non-hydrogen) atoms. The summed E-state index contributed by atoms with van der Waals surface area (Å²) in [5.74, 6) is -1.36. The molecule has 1 N–H and O–H groups in total. The van der Waals surface area contributed by atoms with Crippen molar-refractivity contribution >= 4 is 11.9 Å². The second-order valence-electron chi connectivity index (χ2n) is 6.58. The molecule has 124 valence electrons. The van der Waals surface area contributed by atoms with Gasteiger partial charge in [-0.25, -0.2) is 0 Å². The molecular formula is C18H22NO4-. The van der Waals surface area contributed by atoms with Crippen molar-refractivity contribution in [2.75, 3.05) is 7.11 Å². The Bertz CT molecular complexity index is 592. The van der Waals surface area contributed by atoms with Gasteiger partial charge in [0.25, 0.3) is 0 Å². The molecule has 0 spiro atoms. The highest BCUT2D eigenvalue weighted by molar-refractivity contribution is 5.85. The Hall–Kier alpha value is -2.04. The van der Waals surface area contributed by atoms with Gasteiger partial charge in [0.2, 0.25) is 5.91 Å². The summed E-state index contributed by atoms with van der Waals surface area (Å²) in [7, 11) is 1.59. The van der Waals surface area contributed by atoms with Crippen molar-refractivity contribution in [3.8, 4) is 5.75 Å². The monoisotopic (exact) mass is 316 g/mol. The summed E-state index contributed by atoms with van der Waals surface area (Å²) in [6.07, 6.45) is 3.70. The van der Waals surface area contributed by atoms with Gasteiger partial charge in [-0.3, -0.25) is 4.79 Å². The van der Waals surface area contributed by atoms with Gasteiger partial charge >= 0.3 is 0 Å². The van der Waals surface area contributed by atoms with E-state index < -0.39 is 17.8 Å². The minimum Gasteiger partial charge on any atom is -0.550 e. The minimum atomic E-state index is -1.07. The van der Waals surface area contributed by atoms with Crippen LogP contribution in [0, 0.1) is 23.7 Å². The SMILES string of the molecule is COc1ccccc1CNC(=O)[C@@H]1C2CCC(CC2)[C@H]1C(=O)[O-]. The number of nitrogens with one attached hydrogen (secondary N) is 1. The van der Waals surface area contributed by atoms with Crippen LogP contribution in [0.2, 0.25) is 0 Å². The molecule has 1 aromatic carbocycles. The van der Waals surface area contributed by atoms with Gasteiger partial charge in [-0.05, 0) is 43.6 Å². The molecule has 4 rings (SSSR count). The lowest BCUT2D eigenvalue weighted by Gasteiger charge is -2.48. The van der Waals surface area contributed by atoms with Crippen LogP contribution < -0.4 is 15.2 Å². The molecule has 2 bridgehead atoms. The molecule has 0 heterocycles. The minimum absolute atomic E-state index is 0.0898. The predicted molar refractivity (Wildman–Crippen MR) is 82.3 cm³/mol. The molecule has 1 amide bonds. The second-order valence-corrected chi connectivity index (χ2v) is 6.58. The first-order chi connectivity index (χ1) is 11.1. The van der Waals surface area contributed by atoms with Crippen LogP contribution in [0.25, 0.3) is 0 Å². The summed E-state index contributed by atoms with van der Waals surface area (Å²) in [4.78, 5) is 24.2. The Kier molecular flexibility index (Phi) is 4.55. The number of amides is 1. The molecule has 3 aliphatic rings. The number of carboxylic acids is 1. The van der Waals surface area contributed by atoms with Crippen molar-refractivity contribution < 1.29 is 19.4 Å². The summed E-state index contributed by atoms with van der Waals surface area (Å²) in [6, 6.07) is 7.49. The van der Waals surface area contributed by atoms with Gasteiger partial charge in [0.05, 0.1) is 7.11 Å². The average molecular weight is 316 g/mol. The Labute approximate surface area is 136 Å². The lowest BCUT2D eigenvalue weighted by atomic mass is 9.58. The third-order valence-electron chi connectivity index (χ3n) is 5.44. The molecule has 0 saturated heterocycles. The fraction of sp³-hybridized carbons (Fsp3) is 0.556. The van der Waals surface area contributed by atoms with Crippen LogP contribution >= 0.6 is 0 Å². The maximum Gasteiger partial charge on any atom is 0.224 e. The number of aliphatic carboxylic acids is 1. The molecule has 1 aromatic rings. The van der Waals surface area contributed by atoms with Gasteiger partial charge in [-0.1, -0.05) is 18.2 Å². The third-order valence-corrected chi connectivity index (χ3v) is 5.44. The van der Waals surface area contributed by atoms with Gasteiger partial charge in [-0.15, -0.1) is 0 Å². The highest BCUT2D eigenvalue weighted by Crippen LogP contribution is 2.48. The number of carbonyl (C=O) groups excluding carboxylic acids is 2. The first kappa shape index (κ1) is 15.8. The highest BCUT2D eigenvalue weighted by atomic mass is 16.5. The molecule has 3 saturated carbocycles. The lowest BCUT2D eigenvalue weighted by molar-refractivity contribution is -0.318.